The average molecular weight is 467 g/mol. The van der Waals surface area contributed by atoms with E-state index in [9.17, 15) is 4.79 Å². The number of anilines is 2. The zero-order valence-electron chi connectivity index (χ0n) is 17.7. The minimum absolute atomic E-state index is 0.295. The molecule has 4 heterocycles. The smallest absolute Gasteiger partial charge is 0.276 e. The van der Waals surface area contributed by atoms with E-state index in [1.807, 2.05) is 12.1 Å². The monoisotopic (exact) mass is 466 g/mol. The largest absolute Gasteiger partial charge is 0.494 e. The number of nitrogens with one attached hydrogen (secondary N) is 1. The first kappa shape index (κ1) is 20.8. The summed E-state index contributed by atoms with van der Waals surface area (Å²) in [5, 5.41) is 6.47. The summed E-state index contributed by atoms with van der Waals surface area (Å²) in [7, 11) is 3.76. The number of thiazole rings is 2. The van der Waals surface area contributed by atoms with Crippen LogP contribution in [0, 0.1) is 0 Å². The number of carbonyl (C=O) groups excluding carboxylic acids is 1. The van der Waals surface area contributed by atoms with Crippen LogP contribution in [0.4, 0.5) is 10.3 Å². The molecule has 0 atom stereocenters. The molecule has 1 aliphatic rings. The Morgan fingerprint density at radius 3 is 2.72 bits per heavy atom. The first-order valence-electron chi connectivity index (χ1n) is 10.2. The van der Waals surface area contributed by atoms with Crippen LogP contribution in [0.15, 0.2) is 41.9 Å². The highest BCUT2D eigenvalue weighted by atomic mass is 32.1. The highest BCUT2D eigenvalue weighted by Gasteiger charge is 2.21. The summed E-state index contributed by atoms with van der Waals surface area (Å²) in [6, 6.07) is 9.13. The summed E-state index contributed by atoms with van der Waals surface area (Å²) in [4.78, 5) is 30.9. The van der Waals surface area contributed by atoms with Gasteiger partial charge in [-0.15, -0.1) is 11.3 Å². The Morgan fingerprint density at radius 1 is 1.12 bits per heavy atom. The highest BCUT2D eigenvalue weighted by Crippen LogP contribution is 2.40. The number of amides is 1. The lowest BCUT2D eigenvalue weighted by molar-refractivity contribution is 0.102. The Hall–Kier alpha value is -3.08. The molecule has 0 aliphatic carbocycles. The number of fused-ring (bicyclic) bond motifs is 1. The van der Waals surface area contributed by atoms with Crippen LogP contribution < -0.4 is 15.0 Å². The second-order valence-electron chi connectivity index (χ2n) is 7.49. The molecule has 0 unspecified atom stereocenters. The van der Waals surface area contributed by atoms with E-state index < -0.39 is 0 Å². The van der Waals surface area contributed by atoms with Crippen molar-refractivity contribution in [2.75, 3.05) is 50.6 Å². The van der Waals surface area contributed by atoms with Crippen molar-refractivity contribution in [2.45, 2.75) is 0 Å². The number of pyridine rings is 1. The molecule has 0 radical (unpaired) electrons. The summed E-state index contributed by atoms with van der Waals surface area (Å²) in [6.45, 7) is 4.03. The van der Waals surface area contributed by atoms with E-state index in [0.29, 0.717) is 22.1 Å². The van der Waals surface area contributed by atoms with Crippen LogP contribution >= 0.6 is 22.7 Å². The van der Waals surface area contributed by atoms with E-state index in [2.05, 4.69) is 37.5 Å². The lowest BCUT2D eigenvalue weighted by Crippen LogP contribution is -2.44. The van der Waals surface area contributed by atoms with E-state index in [-0.39, 0.29) is 5.91 Å². The predicted octanol–water partition coefficient (Wildman–Crippen LogP) is 3.83. The van der Waals surface area contributed by atoms with Crippen LogP contribution in [0.25, 0.3) is 21.5 Å². The molecule has 32 heavy (non-hydrogen) atoms. The first-order chi connectivity index (χ1) is 15.6. The molecule has 0 spiro atoms. The van der Waals surface area contributed by atoms with Gasteiger partial charge < -0.3 is 14.5 Å². The quantitative estimate of drug-likeness (QED) is 0.479. The Balaban J connectivity index is 1.47. The molecule has 164 valence electrons. The zero-order chi connectivity index (χ0) is 22.1. The minimum Gasteiger partial charge on any atom is -0.494 e. The van der Waals surface area contributed by atoms with Gasteiger partial charge in [0.2, 0.25) is 0 Å². The first-order valence-corrected chi connectivity index (χ1v) is 11.9. The lowest BCUT2D eigenvalue weighted by Gasteiger charge is -2.32. The molecule has 1 saturated heterocycles. The van der Waals surface area contributed by atoms with Crippen molar-refractivity contribution in [3.05, 3.63) is 47.6 Å². The van der Waals surface area contributed by atoms with Gasteiger partial charge in [-0.25, -0.2) is 9.97 Å². The van der Waals surface area contributed by atoms with Gasteiger partial charge >= 0.3 is 0 Å². The van der Waals surface area contributed by atoms with E-state index in [4.69, 9.17) is 9.72 Å². The SMILES string of the molecule is COc1ccc(-c2csc(N3CCN(C)CC3)n2)c2sc(NC(=O)c3ccccn3)nc12. The van der Waals surface area contributed by atoms with Gasteiger partial charge in [-0.05, 0) is 31.3 Å². The zero-order valence-corrected chi connectivity index (χ0v) is 19.4. The van der Waals surface area contributed by atoms with Gasteiger partial charge in [0, 0.05) is 43.3 Å². The normalized spacial score (nSPS) is 14.6. The van der Waals surface area contributed by atoms with Gasteiger partial charge in [0.25, 0.3) is 5.91 Å². The molecule has 4 aromatic rings. The number of rotatable bonds is 5. The van der Waals surface area contributed by atoms with Gasteiger partial charge in [0.1, 0.15) is 17.0 Å². The molecular weight excluding hydrogens is 444 g/mol. The topological polar surface area (TPSA) is 83.5 Å². The maximum Gasteiger partial charge on any atom is 0.276 e. The Bertz CT molecular complexity index is 1250. The molecule has 1 N–H and O–H groups in total. The van der Waals surface area contributed by atoms with Crippen molar-refractivity contribution in [3.8, 4) is 17.0 Å². The number of ether oxygens (including phenoxy) is 1. The van der Waals surface area contributed by atoms with Crippen molar-refractivity contribution in [1.82, 2.24) is 19.9 Å². The summed E-state index contributed by atoms with van der Waals surface area (Å²) in [5.41, 5.74) is 2.94. The number of hydrogen-bond acceptors (Lipinski definition) is 9. The van der Waals surface area contributed by atoms with Crippen LogP contribution in [-0.2, 0) is 0 Å². The van der Waals surface area contributed by atoms with Crippen molar-refractivity contribution in [3.63, 3.8) is 0 Å². The summed E-state index contributed by atoms with van der Waals surface area (Å²) >= 11 is 3.07. The molecule has 0 bridgehead atoms. The Morgan fingerprint density at radius 2 is 1.97 bits per heavy atom. The molecule has 8 nitrogen and oxygen atoms in total. The van der Waals surface area contributed by atoms with E-state index in [0.717, 1.165) is 47.3 Å². The fraction of sp³-hybridized carbons (Fsp3) is 0.273. The maximum absolute atomic E-state index is 12.5. The standard InChI is InChI=1S/C22H22N6O2S2/c1-27-9-11-28(12-10-27)22-24-16(13-31-22)14-6-7-17(30-2)18-19(14)32-21(25-18)26-20(29)15-5-3-4-8-23-15/h3-8,13H,9-12H2,1-2H3,(H,25,26,29). The van der Waals surface area contributed by atoms with Crippen molar-refractivity contribution in [1.29, 1.82) is 0 Å². The molecular formula is C22H22N6O2S2. The molecule has 1 aromatic carbocycles. The molecule has 5 rings (SSSR count). The van der Waals surface area contributed by atoms with Crippen molar-refractivity contribution in [2.24, 2.45) is 0 Å². The van der Waals surface area contributed by atoms with Crippen LogP contribution in [0.3, 0.4) is 0 Å². The van der Waals surface area contributed by atoms with Crippen LogP contribution in [-0.4, -0.2) is 66.1 Å². The maximum atomic E-state index is 12.5. The number of hydrogen-bond donors (Lipinski definition) is 1. The second kappa shape index (κ2) is 8.81. The third-order valence-electron chi connectivity index (χ3n) is 5.39. The molecule has 1 amide bonds. The van der Waals surface area contributed by atoms with E-state index >= 15 is 0 Å². The van der Waals surface area contributed by atoms with Crippen LogP contribution in [0.2, 0.25) is 0 Å². The minimum atomic E-state index is -0.295. The van der Waals surface area contributed by atoms with Gasteiger partial charge in [0.15, 0.2) is 10.3 Å². The average Bonchev–Trinajstić information content (AvgIpc) is 3.47. The van der Waals surface area contributed by atoms with Crippen molar-refractivity contribution < 1.29 is 9.53 Å². The molecule has 3 aromatic heterocycles. The molecule has 1 aliphatic heterocycles. The summed E-state index contributed by atoms with van der Waals surface area (Å²) in [5.74, 6) is 0.365. The number of benzene rings is 1. The molecule has 10 heteroatoms. The van der Waals surface area contributed by atoms with Gasteiger partial charge in [-0.3, -0.25) is 15.1 Å². The number of likely N-dealkylation sites (N-methyl/N-ethyl adjacent to an activating group) is 1. The summed E-state index contributed by atoms with van der Waals surface area (Å²) < 4.78 is 6.45. The number of methoxy groups -OCH3 is 1. The van der Waals surface area contributed by atoms with E-state index in [1.165, 1.54) is 11.3 Å². The number of nitrogens with zero attached hydrogens (tertiary/aromatic N) is 5. The Kier molecular flexibility index (Phi) is 5.73. The fourth-order valence-electron chi connectivity index (χ4n) is 3.59. The van der Waals surface area contributed by atoms with Gasteiger partial charge in [-0.2, -0.15) is 0 Å². The molecule has 1 fully saturated rings. The van der Waals surface area contributed by atoms with Crippen LogP contribution in [0.5, 0.6) is 5.75 Å². The van der Waals surface area contributed by atoms with Crippen LogP contribution in [0.1, 0.15) is 10.5 Å². The van der Waals surface area contributed by atoms with E-state index in [1.54, 1.807) is 42.8 Å². The second-order valence-corrected chi connectivity index (χ2v) is 9.32. The Labute approximate surface area is 193 Å². The summed E-state index contributed by atoms with van der Waals surface area (Å²) in [6.07, 6.45) is 1.59. The molecule has 0 saturated carbocycles. The van der Waals surface area contributed by atoms with Crippen molar-refractivity contribution >= 4 is 49.1 Å². The predicted molar refractivity (Wildman–Crippen MR) is 129 cm³/mol. The highest BCUT2D eigenvalue weighted by molar-refractivity contribution is 7.23. The van der Waals surface area contributed by atoms with Gasteiger partial charge in [-0.1, -0.05) is 17.4 Å². The third-order valence-corrected chi connectivity index (χ3v) is 7.29. The number of carbonyl (C=O) groups is 1. The lowest BCUT2D eigenvalue weighted by atomic mass is 10.1. The van der Waals surface area contributed by atoms with Gasteiger partial charge in [0.05, 0.1) is 17.5 Å². The number of aromatic nitrogens is 3. The third kappa shape index (κ3) is 4.04. The fourth-order valence-corrected chi connectivity index (χ4v) is 5.47. The number of piperazine rings is 1.